The number of aryl methyl sites for hydroxylation is 1. The third-order valence-corrected chi connectivity index (χ3v) is 2.59. The summed E-state index contributed by atoms with van der Waals surface area (Å²) in [7, 11) is 2.97. The Morgan fingerprint density at radius 3 is 2.63 bits per heavy atom. The summed E-state index contributed by atoms with van der Waals surface area (Å²) >= 11 is 0. The average Bonchev–Trinajstić information content (AvgIpc) is 2.84. The van der Waals surface area contributed by atoms with Gasteiger partial charge >= 0.3 is 5.97 Å². The molecular weight excluding hydrogens is 250 g/mol. The molecule has 0 bridgehead atoms. The van der Waals surface area contributed by atoms with Crippen molar-refractivity contribution in [2.45, 2.75) is 0 Å². The zero-order valence-corrected chi connectivity index (χ0v) is 10.4. The number of rotatable bonds is 3. The molecular formula is C12H11N3O4. The fourth-order valence-corrected chi connectivity index (χ4v) is 1.69. The highest BCUT2D eigenvalue weighted by Crippen LogP contribution is 2.26. The number of ether oxygens (including phenoxy) is 1. The van der Waals surface area contributed by atoms with Crippen molar-refractivity contribution in [2.24, 2.45) is 7.05 Å². The van der Waals surface area contributed by atoms with E-state index in [0.717, 1.165) is 0 Å². The van der Waals surface area contributed by atoms with Crippen LogP contribution in [0.25, 0.3) is 11.1 Å². The number of hydrogen-bond acceptors (Lipinski definition) is 5. The quantitative estimate of drug-likeness (QED) is 0.477. The van der Waals surface area contributed by atoms with Gasteiger partial charge in [-0.1, -0.05) is 0 Å². The molecule has 1 aromatic carbocycles. The molecule has 98 valence electrons. The summed E-state index contributed by atoms with van der Waals surface area (Å²) in [6, 6.07) is 4.12. The molecule has 0 radical (unpaired) electrons. The molecule has 0 aliphatic rings. The number of nitro benzene ring substituents is 1. The Hall–Kier alpha value is -2.70. The summed E-state index contributed by atoms with van der Waals surface area (Å²) in [6.07, 6.45) is 3.28. The van der Waals surface area contributed by atoms with Gasteiger partial charge in [-0.05, 0) is 11.6 Å². The number of nitro groups is 1. The van der Waals surface area contributed by atoms with Crippen LogP contribution in [0.5, 0.6) is 0 Å². The molecule has 1 heterocycles. The van der Waals surface area contributed by atoms with Gasteiger partial charge in [0.15, 0.2) is 0 Å². The van der Waals surface area contributed by atoms with Crippen LogP contribution in [0.4, 0.5) is 5.69 Å². The number of carbonyl (C=O) groups excluding carboxylic acids is 1. The summed E-state index contributed by atoms with van der Waals surface area (Å²) in [5.41, 5.74) is 1.20. The highest BCUT2D eigenvalue weighted by Gasteiger charge is 2.16. The maximum absolute atomic E-state index is 11.5. The van der Waals surface area contributed by atoms with E-state index in [-0.39, 0.29) is 11.3 Å². The largest absolute Gasteiger partial charge is 0.465 e. The molecule has 2 rings (SSSR count). The average molecular weight is 261 g/mol. The number of carbonyl (C=O) groups is 1. The molecule has 19 heavy (non-hydrogen) atoms. The van der Waals surface area contributed by atoms with Crippen molar-refractivity contribution in [1.29, 1.82) is 0 Å². The van der Waals surface area contributed by atoms with E-state index in [0.29, 0.717) is 11.1 Å². The van der Waals surface area contributed by atoms with Gasteiger partial charge in [0.25, 0.3) is 5.69 Å². The van der Waals surface area contributed by atoms with E-state index < -0.39 is 10.9 Å². The number of benzene rings is 1. The molecule has 0 amide bonds. The van der Waals surface area contributed by atoms with Crippen LogP contribution in [0.1, 0.15) is 10.4 Å². The van der Waals surface area contributed by atoms with Crippen LogP contribution in [-0.4, -0.2) is 27.8 Å². The normalized spacial score (nSPS) is 10.2. The van der Waals surface area contributed by atoms with Crippen molar-refractivity contribution in [3.8, 4) is 11.1 Å². The van der Waals surface area contributed by atoms with E-state index in [9.17, 15) is 14.9 Å². The van der Waals surface area contributed by atoms with Crippen molar-refractivity contribution in [1.82, 2.24) is 9.78 Å². The third kappa shape index (κ3) is 2.59. The molecule has 2 aromatic rings. The van der Waals surface area contributed by atoms with Crippen molar-refractivity contribution in [3.63, 3.8) is 0 Å². The molecule has 0 unspecified atom stereocenters. The number of aromatic nitrogens is 2. The molecule has 0 atom stereocenters. The molecule has 0 fully saturated rings. The minimum atomic E-state index is -0.617. The van der Waals surface area contributed by atoms with Crippen LogP contribution in [0.15, 0.2) is 30.6 Å². The topological polar surface area (TPSA) is 87.3 Å². The SMILES string of the molecule is COC(=O)c1cc(-c2cnn(C)c2)cc([N+](=O)[O-])c1. The second kappa shape index (κ2) is 4.89. The van der Waals surface area contributed by atoms with Gasteiger partial charge in [0.1, 0.15) is 0 Å². The van der Waals surface area contributed by atoms with Gasteiger partial charge in [-0.3, -0.25) is 14.8 Å². The molecule has 0 aliphatic carbocycles. The molecule has 7 heteroatoms. The van der Waals surface area contributed by atoms with Crippen LogP contribution >= 0.6 is 0 Å². The molecule has 0 saturated carbocycles. The molecule has 7 nitrogen and oxygen atoms in total. The predicted octanol–water partition coefficient (Wildman–Crippen LogP) is 1.78. The summed E-state index contributed by atoms with van der Waals surface area (Å²) in [6.45, 7) is 0. The van der Waals surface area contributed by atoms with Gasteiger partial charge in [-0.15, -0.1) is 0 Å². The third-order valence-electron chi connectivity index (χ3n) is 2.59. The van der Waals surface area contributed by atoms with Crippen LogP contribution in [0.2, 0.25) is 0 Å². The minimum Gasteiger partial charge on any atom is -0.465 e. The van der Waals surface area contributed by atoms with Crippen molar-refractivity contribution in [2.75, 3.05) is 7.11 Å². The first-order valence-corrected chi connectivity index (χ1v) is 5.38. The van der Waals surface area contributed by atoms with Crippen molar-refractivity contribution >= 4 is 11.7 Å². The zero-order chi connectivity index (χ0) is 14.0. The zero-order valence-electron chi connectivity index (χ0n) is 10.4. The second-order valence-corrected chi connectivity index (χ2v) is 3.92. The lowest BCUT2D eigenvalue weighted by atomic mass is 10.0. The fourth-order valence-electron chi connectivity index (χ4n) is 1.69. The van der Waals surface area contributed by atoms with Gasteiger partial charge in [-0.2, -0.15) is 5.10 Å². The molecule has 1 aromatic heterocycles. The van der Waals surface area contributed by atoms with Crippen molar-refractivity contribution < 1.29 is 14.5 Å². The Kier molecular flexibility index (Phi) is 3.28. The monoisotopic (exact) mass is 261 g/mol. The van der Waals surface area contributed by atoms with E-state index in [1.807, 2.05) is 0 Å². The summed E-state index contributed by atoms with van der Waals surface area (Å²) in [5, 5.41) is 14.9. The fraction of sp³-hybridized carbons (Fsp3) is 0.167. The van der Waals surface area contributed by atoms with Gasteiger partial charge in [0.2, 0.25) is 0 Å². The standard InChI is InChI=1S/C12H11N3O4/c1-14-7-10(6-13-14)8-3-9(12(16)19-2)5-11(4-8)15(17)18/h3-7H,1-2H3. The Labute approximate surface area is 108 Å². The number of nitrogens with zero attached hydrogens (tertiary/aromatic N) is 3. The Bertz CT molecular complexity index is 648. The molecule has 0 spiro atoms. The lowest BCUT2D eigenvalue weighted by molar-refractivity contribution is -0.384. The van der Waals surface area contributed by atoms with Gasteiger partial charge in [0, 0.05) is 30.9 Å². The van der Waals surface area contributed by atoms with E-state index in [2.05, 4.69) is 9.84 Å². The first kappa shape index (κ1) is 12.7. The maximum atomic E-state index is 11.5. The maximum Gasteiger partial charge on any atom is 0.338 e. The van der Waals surface area contributed by atoms with Crippen LogP contribution < -0.4 is 0 Å². The lowest BCUT2D eigenvalue weighted by Gasteiger charge is -2.03. The summed E-state index contributed by atoms with van der Waals surface area (Å²) in [5.74, 6) is -0.617. The predicted molar refractivity (Wildman–Crippen MR) is 66.6 cm³/mol. The number of methoxy groups -OCH3 is 1. The number of non-ortho nitro benzene ring substituents is 1. The summed E-state index contributed by atoms with van der Waals surface area (Å²) in [4.78, 5) is 21.8. The van der Waals surface area contributed by atoms with Crippen molar-refractivity contribution in [3.05, 3.63) is 46.3 Å². The number of esters is 1. The van der Waals surface area contributed by atoms with E-state index in [4.69, 9.17) is 0 Å². The van der Waals surface area contributed by atoms with Gasteiger partial charge < -0.3 is 4.74 Å². The van der Waals surface area contributed by atoms with E-state index >= 15 is 0 Å². The molecule has 0 aliphatic heterocycles. The molecule has 0 saturated heterocycles. The lowest BCUT2D eigenvalue weighted by Crippen LogP contribution is -2.02. The summed E-state index contributed by atoms with van der Waals surface area (Å²) < 4.78 is 6.16. The smallest absolute Gasteiger partial charge is 0.338 e. The highest BCUT2D eigenvalue weighted by atomic mass is 16.6. The van der Waals surface area contributed by atoms with Gasteiger partial charge in [-0.25, -0.2) is 4.79 Å². The van der Waals surface area contributed by atoms with E-state index in [1.165, 1.54) is 25.3 Å². The second-order valence-electron chi connectivity index (χ2n) is 3.92. The van der Waals surface area contributed by atoms with Crippen LogP contribution in [-0.2, 0) is 11.8 Å². The molecule has 0 N–H and O–H groups in total. The Balaban J connectivity index is 2.57. The highest BCUT2D eigenvalue weighted by molar-refractivity contribution is 5.92. The van der Waals surface area contributed by atoms with Crippen LogP contribution in [0, 0.1) is 10.1 Å². The first-order valence-electron chi connectivity index (χ1n) is 5.38. The number of hydrogen-bond donors (Lipinski definition) is 0. The van der Waals surface area contributed by atoms with Gasteiger partial charge in [0.05, 0.1) is 23.8 Å². The van der Waals surface area contributed by atoms with Crippen LogP contribution in [0.3, 0.4) is 0 Å². The Morgan fingerprint density at radius 1 is 1.37 bits per heavy atom. The Morgan fingerprint density at radius 2 is 2.11 bits per heavy atom. The van der Waals surface area contributed by atoms with E-state index in [1.54, 1.807) is 24.1 Å². The minimum absolute atomic E-state index is 0.135. The first-order chi connectivity index (χ1) is 9.01.